The van der Waals surface area contributed by atoms with Crippen LogP contribution in [0.4, 0.5) is 5.69 Å². The Morgan fingerprint density at radius 2 is 1.95 bits per heavy atom. The van der Waals surface area contributed by atoms with E-state index in [-0.39, 0.29) is 17.7 Å². The van der Waals surface area contributed by atoms with Crippen molar-refractivity contribution in [2.24, 2.45) is 5.92 Å². The van der Waals surface area contributed by atoms with Gasteiger partial charge >= 0.3 is 0 Å². The SMILES string of the molecule is CC(O)CCC(=O)NCc1cccc(NC(=O)C(C)C)c1. The van der Waals surface area contributed by atoms with Crippen LogP contribution >= 0.6 is 0 Å². The minimum atomic E-state index is -0.467. The van der Waals surface area contributed by atoms with Gasteiger partial charge in [0.15, 0.2) is 0 Å². The number of rotatable bonds is 7. The lowest BCUT2D eigenvalue weighted by molar-refractivity contribution is -0.122. The summed E-state index contributed by atoms with van der Waals surface area (Å²) in [6, 6.07) is 7.39. The molecule has 0 saturated heterocycles. The second kappa shape index (κ2) is 8.42. The Balaban J connectivity index is 2.49. The lowest BCUT2D eigenvalue weighted by Gasteiger charge is -2.10. The van der Waals surface area contributed by atoms with E-state index in [9.17, 15) is 9.59 Å². The van der Waals surface area contributed by atoms with Gasteiger partial charge in [-0.15, -0.1) is 0 Å². The molecule has 0 aliphatic carbocycles. The molecule has 0 spiro atoms. The molecule has 0 aliphatic rings. The molecule has 116 valence electrons. The molecular weight excluding hydrogens is 268 g/mol. The fourth-order valence-electron chi connectivity index (χ4n) is 1.67. The van der Waals surface area contributed by atoms with Gasteiger partial charge in [-0.25, -0.2) is 0 Å². The van der Waals surface area contributed by atoms with Gasteiger partial charge in [0, 0.05) is 24.6 Å². The molecular formula is C16H24N2O3. The Labute approximate surface area is 125 Å². The maximum Gasteiger partial charge on any atom is 0.226 e. The molecule has 0 radical (unpaired) electrons. The zero-order valence-electron chi connectivity index (χ0n) is 12.8. The van der Waals surface area contributed by atoms with Crippen molar-refractivity contribution in [2.45, 2.75) is 46.3 Å². The van der Waals surface area contributed by atoms with Gasteiger partial charge in [0.25, 0.3) is 0 Å². The van der Waals surface area contributed by atoms with E-state index in [1.54, 1.807) is 6.92 Å². The summed E-state index contributed by atoms with van der Waals surface area (Å²) in [6.07, 6.45) is 0.294. The minimum Gasteiger partial charge on any atom is -0.393 e. The summed E-state index contributed by atoms with van der Waals surface area (Å²) in [5.41, 5.74) is 1.64. The number of amides is 2. The summed E-state index contributed by atoms with van der Waals surface area (Å²) in [6.45, 7) is 5.74. The van der Waals surface area contributed by atoms with Crippen LogP contribution in [-0.4, -0.2) is 23.0 Å². The average molecular weight is 292 g/mol. The summed E-state index contributed by atoms with van der Waals surface area (Å²) in [7, 11) is 0. The maximum absolute atomic E-state index is 11.6. The molecule has 5 nitrogen and oxygen atoms in total. The van der Waals surface area contributed by atoms with E-state index in [0.717, 1.165) is 11.3 Å². The monoisotopic (exact) mass is 292 g/mol. The van der Waals surface area contributed by atoms with E-state index in [4.69, 9.17) is 5.11 Å². The van der Waals surface area contributed by atoms with E-state index in [1.807, 2.05) is 38.1 Å². The Bertz CT molecular complexity index is 484. The van der Waals surface area contributed by atoms with Crippen molar-refractivity contribution < 1.29 is 14.7 Å². The van der Waals surface area contributed by atoms with Crippen LogP contribution in [0.1, 0.15) is 39.2 Å². The van der Waals surface area contributed by atoms with Crippen LogP contribution in [-0.2, 0) is 16.1 Å². The minimum absolute atomic E-state index is 0.0341. The number of aliphatic hydroxyl groups excluding tert-OH is 1. The van der Waals surface area contributed by atoms with Crippen molar-refractivity contribution in [1.82, 2.24) is 5.32 Å². The molecule has 5 heteroatoms. The van der Waals surface area contributed by atoms with Crippen molar-refractivity contribution in [3.05, 3.63) is 29.8 Å². The van der Waals surface area contributed by atoms with Crippen LogP contribution in [0, 0.1) is 5.92 Å². The third-order valence-electron chi connectivity index (χ3n) is 3.00. The standard InChI is InChI=1S/C16H24N2O3/c1-11(2)16(21)18-14-6-4-5-13(9-14)10-17-15(20)8-7-12(3)19/h4-6,9,11-12,19H,7-8,10H2,1-3H3,(H,17,20)(H,18,21). The third-order valence-corrected chi connectivity index (χ3v) is 3.00. The van der Waals surface area contributed by atoms with Crippen molar-refractivity contribution in [3.8, 4) is 0 Å². The maximum atomic E-state index is 11.6. The summed E-state index contributed by atoms with van der Waals surface area (Å²) < 4.78 is 0. The van der Waals surface area contributed by atoms with Crippen molar-refractivity contribution in [1.29, 1.82) is 0 Å². The highest BCUT2D eigenvalue weighted by Crippen LogP contribution is 2.12. The second-order valence-electron chi connectivity index (χ2n) is 5.51. The van der Waals surface area contributed by atoms with E-state index in [2.05, 4.69) is 10.6 Å². The second-order valence-corrected chi connectivity index (χ2v) is 5.51. The third kappa shape index (κ3) is 6.90. The molecule has 1 rings (SSSR count). The summed E-state index contributed by atoms with van der Waals surface area (Å²) in [4.78, 5) is 23.2. The van der Waals surface area contributed by atoms with Gasteiger partial charge in [-0.2, -0.15) is 0 Å². The van der Waals surface area contributed by atoms with Gasteiger partial charge in [-0.3, -0.25) is 9.59 Å². The fourth-order valence-corrected chi connectivity index (χ4v) is 1.67. The van der Waals surface area contributed by atoms with Crippen molar-refractivity contribution >= 4 is 17.5 Å². The molecule has 0 fully saturated rings. The van der Waals surface area contributed by atoms with Crippen LogP contribution in [0.2, 0.25) is 0 Å². The Kier molecular flexibility index (Phi) is 6.88. The highest BCUT2D eigenvalue weighted by atomic mass is 16.3. The van der Waals surface area contributed by atoms with Crippen molar-refractivity contribution in [3.63, 3.8) is 0 Å². The molecule has 21 heavy (non-hydrogen) atoms. The quantitative estimate of drug-likeness (QED) is 0.720. The summed E-state index contributed by atoms with van der Waals surface area (Å²) >= 11 is 0. The Hall–Kier alpha value is -1.88. The molecule has 1 aromatic carbocycles. The van der Waals surface area contributed by atoms with E-state index in [1.165, 1.54) is 0 Å². The highest BCUT2D eigenvalue weighted by Gasteiger charge is 2.08. The smallest absolute Gasteiger partial charge is 0.226 e. The molecule has 2 amide bonds. The Morgan fingerprint density at radius 1 is 1.24 bits per heavy atom. The zero-order chi connectivity index (χ0) is 15.8. The predicted octanol–water partition coefficient (Wildman–Crippen LogP) is 2.06. The predicted molar refractivity (Wildman–Crippen MR) is 82.7 cm³/mol. The lowest BCUT2D eigenvalue weighted by Crippen LogP contribution is -2.23. The first kappa shape index (κ1) is 17.2. The zero-order valence-corrected chi connectivity index (χ0v) is 12.8. The van der Waals surface area contributed by atoms with Gasteiger partial charge in [0.05, 0.1) is 6.10 Å². The first-order valence-corrected chi connectivity index (χ1v) is 7.23. The van der Waals surface area contributed by atoms with Crippen LogP contribution in [0.15, 0.2) is 24.3 Å². The summed E-state index contributed by atoms with van der Waals surface area (Å²) in [5.74, 6) is -0.200. The van der Waals surface area contributed by atoms with Crippen LogP contribution < -0.4 is 10.6 Å². The normalized spacial score (nSPS) is 12.0. The first-order chi connectivity index (χ1) is 9.88. The van der Waals surface area contributed by atoms with Crippen molar-refractivity contribution in [2.75, 3.05) is 5.32 Å². The van der Waals surface area contributed by atoms with Gasteiger partial charge < -0.3 is 15.7 Å². The molecule has 0 heterocycles. The lowest BCUT2D eigenvalue weighted by atomic mass is 10.1. The van der Waals surface area contributed by atoms with Gasteiger partial charge in [-0.1, -0.05) is 26.0 Å². The number of benzene rings is 1. The number of carbonyl (C=O) groups is 2. The number of aliphatic hydroxyl groups is 1. The Morgan fingerprint density at radius 3 is 2.57 bits per heavy atom. The molecule has 0 aliphatic heterocycles. The molecule has 1 unspecified atom stereocenters. The molecule has 1 atom stereocenters. The largest absolute Gasteiger partial charge is 0.393 e. The molecule has 3 N–H and O–H groups in total. The molecule has 1 aromatic rings. The number of carbonyl (C=O) groups excluding carboxylic acids is 2. The fraction of sp³-hybridized carbons (Fsp3) is 0.500. The van der Waals surface area contributed by atoms with Gasteiger partial charge in [0.2, 0.25) is 11.8 Å². The van der Waals surface area contributed by atoms with E-state index < -0.39 is 6.10 Å². The van der Waals surface area contributed by atoms with E-state index in [0.29, 0.717) is 19.4 Å². The molecule has 0 bridgehead atoms. The average Bonchev–Trinajstić information content (AvgIpc) is 2.43. The summed E-state index contributed by atoms with van der Waals surface area (Å²) in [5, 5.41) is 14.8. The highest BCUT2D eigenvalue weighted by molar-refractivity contribution is 5.92. The molecule has 0 aromatic heterocycles. The topological polar surface area (TPSA) is 78.4 Å². The number of hydrogen-bond acceptors (Lipinski definition) is 3. The van der Waals surface area contributed by atoms with Crippen LogP contribution in [0.5, 0.6) is 0 Å². The first-order valence-electron chi connectivity index (χ1n) is 7.23. The number of nitrogens with one attached hydrogen (secondary N) is 2. The van der Waals surface area contributed by atoms with Crippen LogP contribution in [0.25, 0.3) is 0 Å². The number of anilines is 1. The molecule has 0 saturated carbocycles. The van der Waals surface area contributed by atoms with Crippen LogP contribution in [0.3, 0.4) is 0 Å². The van der Waals surface area contributed by atoms with E-state index >= 15 is 0 Å². The van der Waals surface area contributed by atoms with Gasteiger partial charge in [-0.05, 0) is 31.0 Å². The van der Waals surface area contributed by atoms with Gasteiger partial charge in [0.1, 0.15) is 0 Å². The number of hydrogen-bond donors (Lipinski definition) is 3.